The number of carbonyl (C=O) groups is 4. The van der Waals surface area contributed by atoms with Crippen LogP contribution in [0.2, 0.25) is 0 Å². The van der Waals surface area contributed by atoms with Crippen LogP contribution in [0.4, 0.5) is 0 Å². The Labute approximate surface area is 223 Å². The quantitative estimate of drug-likeness (QED) is 0.229. The Morgan fingerprint density at radius 1 is 1.16 bits per heavy atom. The van der Waals surface area contributed by atoms with Crippen LogP contribution in [0, 0.1) is 5.92 Å². The van der Waals surface area contributed by atoms with E-state index in [1.165, 1.54) is 7.11 Å². The zero-order chi connectivity index (χ0) is 27.7. The van der Waals surface area contributed by atoms with Gasteiger partial charge in [0.2, 0.25) is 17.7 Å². The Bertz CT molecular complexity index is 1130. The Balaban J connectivity index is 1.91. The summed E-state index contributed by atoms with van der Waals surface area (Å²) in [7, 11) is 1.18. The minimum atomic E-state index is -1.19. The number of fused-ring (bicyclic) bond motifs is 1. The number of benzene rings is 2. The number of nitrogens with zero attached hydrogens (tertiary/aromatic N) is 1. The summed E-state index contributed by atoms with van der Waals surface area (Å²) >= 11 is 0. The van der Waals surface area contributed by atoms with Crippen molar-refractivity contribution in [3.05, 3.63) is 48.0 Å². The molecule has 2 aromatic rings. The molecule has 0 aromatic heterocycles. The van der Waals surface area contributed by atoms with Gasteiger partial charge in [-0.15, -0.1) is 0 Å². The standard InChI is InChI=1S/C28H38N4O6/c1-4-18(2)14-24(31-27(36)22-12-13-25(34)29-22)32(16-26(35)30-23(17-33)28(37)38-3)15-20-10-7-9-19-8-5-6-11-21(19)20/h5-11,18,22-24,33H,4,12-17H2,1-3H3,(H,29,34)(H,30,35)(H,31,36)/t18-,22-,23-,24?/m0/s1. The van der Waals surface area contributed by atoms with Crippen LogP contribution in [0.25, 0.3) is 10.8 Å². The summed E-state index contributed by atoms with van der Waals surface area (Å²) in [5, 5.41) is 20.0. The lowest BCUT2D eigenvalue weighted by atomic mass is 10.00. The molecule has 3 amide bonds. The summed E-state index contributed by atoms with van der Waals surface area (Å²) in [5.74, 6) is -1.46. The molecular formula is C28H38N4O6. The summed E-state index contributed by atoms with van der Waals surface area (Å²) in [6.07, 6.45) is 1.64. The van der Waals surface area contributed by atoms with Crippen LogP contribution in [0.3, 0.4) is 0 Å². The van der Waals surface area contributed by atoms with Gasteiger partial charge in [-0.2, -0.15) is 0 Å². The molecule has 0 aliphatic carbocycles. The van der Waals surface area contributed by atoms with E-state index in [1.54, 1.807) is 0 Å². The van der Waals surface area contributed by atoms with Crippen molar-refractivity contribution in [1.29, 1.82) is 0 Å². The molecule has 10 heteroatoms. The maximum Gasteiger partial charge on any atom is 0.330 e. The van der Waals surface area contributed by atoms with Gasteiger partial charge in [0.15, 0.2) is 6.04 Å². The van der Waals surface area contributed by atoms with E-state index in [0.29, 0.717) is 25.8 Å². The number of nitrogens with one attached hydrogen (secondary N) is 3. The SMILES string of the molecule is CC[C@H](C)CC(NC(=O)[C@@H]1CCC(=O)N1)N(CC(=O)N[C@@H](CO)C(=O)OC)Cc1cccc2ccccc12. The number of hydrogen-bond donors (Lipinski definition) is 4. The number of aliphatic hydroxyl groups is 1. The highest BCUT2D eigenvalue weighted by Crippen LogP contribution is 2.23. The lowest BCUT2D eigenvalue weighted by Crippen LogP contribution is -2.56. The maximum absolute atomic E-state index is 13.1. The van der Waals surface area contributed by atoms with E-state index in [-0.39, 0.29) is 24.3 Å². The third-order valence-corrected chi connectivity index (χ3v) is 6.99. The van der Waals surface area contributed by atoms with E-state index in [1.807, 2.05) is 47.4 Å². The first-order valence-electron chi connectivity index (χ1n) is 13.0. The second-order valence-electron chi connectivity index (χ2n) is 9.80. The molecule has 0 spiro atoms. The topological polar surface area (TPSA) is 137 Å². The monoisotopic (exact) mass is 526 g/mol. The average Bonchev–Trinajstić information content (AvgIpc) is 3.36. The van der Waals surface area contributed by atoms with Crippen LogP contribution < -0.4 is 16.0 Å². The van der Waals surface area contributed by atoms with Crippen LogP contribution in [-0.4, -0.2) is 72.2 Å². The predicted octanol–water partition coefficient (Wildman–Crippen LogP) is 1.45. The van der Waals surface area contributed by atoms with Gasteiger partial charge >= 0.3 is 5.97 Å². The van der Waals surface area contributed by atoms with E-state index in [4.69, 9.17) is 0 Å². The molecule has 4 atom stereocenters. The zero-order valence-electron chi connectivity index (χ0n) is 22.2. The Kier molecular flexibility index (Phi) is 10.6. The van der Waals surface area contributed by atoms with Gasteiger partial charge in [0.05, 0.1) is 26.4 Å². The Morgan fingerprint density at radius 3 is 2.55 bits per heavy atom. The number of carbonyl (C=O) groups excluding carboxylic acids is 4. The Hall–Kier alpha value is -3.50. The molecule has 1 heterocycles. The van der Waals surface area contributed by atoms with Crippen molar-refractivity contribution < 1.29 is 29.0 Å². The largest absolute Gasteiger partial charge is 0.467 e. The first-order valence-corrected chi connectivity index (χ1v) is 13.0. The number of amides is 3. The van der Waals surface area contributed by atoms with Crippen molar-refractivity contribution in [2.24, 2.45) is 5.92 Å². The molecule has 206 valence electrons. The fourth-order valence-corrected chi connectivity index (χ4v) is 4.59. The summed E-state index contributed by atoms with van der Waals surface area (Å²) in [6.45, 7) is 3.73. The van der Waals surface area contributed by atoms with E-state index < -0.39 is 36.7 Å². The minimum absolute atomic E-state index is 0.144. The van der Waals surface area contributed by atoms with E-state index in [9.17, 15) is 24.3 Å². The third-order valence-electron chi connectivity index (χ3n) is 6.99. The number of ether oxygens (including phenoxy) is 1. The van der Waals surface area contributed by atoms with Crippen molar-refractivity contribution in [2.75, 3.05) is 20.3 Å². The predicted molar refractivity (Wildman–Crippen MR) is 143 cm³/mol. The van der Waals surface area contributed by atoms with Crippen LogP contribution in [0.5, 0.6) is 0 Å². The number of hydrogen-bond acceptors (Lipinski definition) is 7. The molecule has 4 N–H and O–H groups in total. The van der Waals surface area contributed by atoms with Gasteiger partial charge in [-0.25, -0.2) is 4.79 Å². The zero-order valence-corrected chi connectivity index (χ0v) is 22.2. The fourth-order valence-electron chi connectivity index (χ4n) is 4.59. The van der Waals surface area contributed by atoms with Gasteiger partial charge in [-0.3, -0.25) is 19.3 Å². The van der Waals surface area contributed by atoms with Crippen molar-refractivity contribution in [3.8, 4) is 0 Å². The van der Waals surface area contributed by atoms with Crippen LogP contribution >= 0.6 is 0 Å². The van der Waals surface area contributed by atoms with E-state index >= 15 is 0 Å². The highest BCUT2D eigenvalue weighted by Gasteiger charge is 2.32. The molecule has 10 nitrogen and oxygen atoms in total. The highest BCUT2D eigenvalue weighted by molar-refractivity contribution is 5.91. The van der Waals surface area contributed by atoms with E-state index in [0.717, 1.165) is 22.8 Å². The lowest BCUT2D eigenvalue weighted by Gasteiger charge is -2.34. The van der Waals surface area contributed by atoms with Gasteiger partial charge in [0, 0.05) is 13.0 Å². The average molecular weight is 527 g/mol. The van der Waals surface area contributed by atoms with Gasteiger partial charge in [-0.05, 0) is 35.1 Å². The summed E-state index contributed by atoms with van der Waals surface area (Å²) in [4.78, 5) is 51.7. The second kappa shape index (κ2) is 13.9. The molecule has 0 saturated carbocycles. The first-order chi connectivity index (χ1) is 18.2. The molecule has 1 saturated heterocycles. The number of esters is 1. The molecule has 2 aromatic carbocycles. The van der Waals surface area contributed by atoms with Gasteiger partial charge in [0.25, 0.3) is 0 Å². The molecule has 1 aliphatic rings. The van der Waals surface area contributed by atoms with Crippen LogP contribution in [0.15, 0.2) is 42.5 Å². The number of aliphatic hydroxyl groups excluding tert-OH is 1. The van der Waals surface area contributed by atoms with Gasteiger partial charge in [0.1, 0.15) is 6.04 Å². The van der Waals surface area contributed by atoms with E-state index in [2.05, 4.69) is 34.5 Å². The summed E-state index contributed by atoms with van der Waals surface area (Å²) < 4.78 is 4.67. The molecule has 1 fully saturated rings. The molecule has 1 aliphatic heterocycles. The second-order valence-corrected chi connectivity index (χ2v) is 9.80. The van der Waals surface area contributed by atoms with Crippen molar-refractivity contribution in [2.45, 2.75) is 64.3 Å². The molecule has 1 unspecified atom stereocenters. The third kappa shape index (κ3) is 7.75. The van der Waals surface area contributed by atoms with Crippen molar-refractivity contribution in [1.82, 2.24) is 20.9 Å². The number of rotatable bonds is 13. The molecule has 0 bridgehead atoms. The van der Waals surface area contributed by atoms with Gasteiger partial charge in [-0.1, -0.05) is 62.7 Å². The smallest absolute Gasteiger partial charge is 0.330 e. The molecular weight excluding hydrogens is 488 g/mol. The van der Waals surface area contributed by atoms with Crippen molar-refractivity contribution in [3.63, 3.8) is 0 Å². The minimum Gasteiger partial charge on any atom is -0.467 e. The molecule has 0 radical (unpaired) electrons. The lowest BCUT2D eigenvalue weighted by molar-refractivity contribution is -0.146. The Morgan fingerprint density at radius 2 is 1.89 bits per heavy atom. The first kappa shape index (κ1) is 29.1. The molecule has 38 heavy (non-hydrogen) atoms. The molecule has 3 rings (SSSR count). The highest BCUT2D eigenvalue weighted by atomic mass is 16.5. The maximum atomic E-state index is 13.1. The summed E-state index contributed by atoms with van der Waals surface area (Å²) in [6, 6.07) is 12.1. The van der Waals surface area contributed by atoms with Crippen LogP contribution in [0.1, 0.15) is 45.1 Å². The normalized spacial score (nSPS) is 17.5. The number of methoxy groups -OCH3 is 1. The van der Waals surface area contributed by atoms with Gasteiger partial charge < -0.3 is 25.8 Å². The fraction of sp³-hybridized carbons (Fsp3) is 0.500. The van der Waals surface area contributed by atoms with Crippen molar-refractivity contribution >= 4 is 34.5 Å². The van der Waals surface area contributed by atoms with Crippen LogP contribution in [-0.2, 0) is 30.5 Å². The summed E-state index contributed by atoms with van der Waals surface area (Å²) in [5.41, 5.74) is 0.972.